The van der Waals surface area contributed by atoms with Gasteiger partial charge in [-0.3, -0.25) is 0 Å². The Hall–Kier alpha value is -2.00. The minimum Gasteiger partial charge on any atom is -0.488 e. The number of nitrogens with zero attached hydrogens (tertiary/aromatic N) is 1. The van der Waals surface area contributed by atoms with Gasteiger partial charge in [0.15, 0.2) is 0 Å². The Labute approximate surface area is 111 Å². The fourth-order valence-electron chi connectivity index (χ4n) is 1.48. The standard InChI is InChI=1S/C13H8F3NOS/c14-13(15,16)11-5-9(6-17)1-2-12(11)18-7-10-3-4-19-8-10/h1-5,8H,7H2. The van der Waals surface area contributed by atoms with Crippen LogP contribution in [0.4, 0.5) is 13.2 Å². The Morgan fingerprint density at radius 3 is 2.63 bits per heavy atom. The summed E-state index contributed by atoms with van der Waals surface area (Å²) in [5.41, 5.74) is -0.167. The zero-order valence-electron chi connectivity index (χ0n) is 9.57. The van der Waals surface area contributed by atoms with E-state index in [4.69, 9.17) is 10.00 Å². The van der Waals surface area contributed by atoms with Gasteiger partial charge in [0.05, 0.1) is 17.2 Å². The van der Waals surface area contributed by atoms with E-state index < -0.39 is 11.7 Å². The van der Waals surface area contributed by atoms with Crippen molar-refractivity contribution in [1.29, 1.82) is 5.26 Å². The molecule has 2 nitrogen and oxygen atoms in total. The molecule has 98 valence electrons. The van der Waals surface area contributed by atoms with Crippen molar-refractivity contribution in [2.75, 3.05) is 0 Å². The van der Waals surface area contributed by atoms with Crippen LogP contribution < -0.4 is 4.74 Å². The van der Waals surface area contributed by atoms with E-state index in [1.54, 1.807) is 17.5 Å². The van der Waals surface area contributed by atoms with Gasteiger partial charge in [-0.15, -0.1) is 0 Å². The summed E-state index contributed by atoms with van der Waals surface area (Å²) in [7, 11) is 0. The molecule has 0 aliphatic rings. The summed E-state index contributed by atoms with van der Waals surface area (Å²) in [5.74, 6) is -0.266. The second-order valence-electron chi connectivity index (χ2n) is 3.74. The van der Waals surface area contributed by atoms with Crippen LogP contribution in [0.25, 0.3) is 0 Å². The molecule has 0 bridgehead atoms. The first-order valence-corrected chi connectivity index (χ1v) is 6.20. The van der Waals surface area contributed by atoms with E-state index in [9.17, 15) is 13.2 Å². The lowest BCUT2D eigenvalue weighted by Gasteiger charge is -2.13. The normalized spacial score (nSPS) is 11.1. The Morgan fingerprint density at radius 2 is 2.05 bits per heavy atom. The van der Waals surface area contributed by atoms with Crippen molar-refractivity contribution < 1.29 is 17.9 Å². The first-order chi connectivity index (χ1) is 9.00. The molecule has 1 aromatic carbocycles. The topological polar surface area (TPSA) is 33.0 Å². The molecule has 19 heavy (non-hydrogen) atoms. The van der Waals surface area contributed by atoms with Crippen molar-refractivity contribution >= 4 is 11.3 Å². The van der Waals surface area contributed by atoms with E-state index in [0.717, 1.165) is 11.6 Å². The van der Waals surface area contributed by atoms with Crippen LogP contribution in [-0.2, 0) is 12.8 Å². The Morgan fingerprint density at radius 1 is 1.26 bits per heavy atom. The Bertz CT molecular complexity index is 599. The van der Waals surface area contributed by atoms with Gasteiger partial charge in [0.2, 0.25) is 0 Å². The molecule has 0 aliphatic carbocycles. The molecule has 0 fully saturated rings. The number of rotatable bonds is 3. The third kappa shape index (κ3) is 3.26. The third-order valence-corrected chi connectivity index (χ3v) is 3.12. The minimum absolute atomic E-state index is 0.0461. The van der Waals surface area contributed by atoms with Gasteiger partial charge in [-0.25, -0.2) is 0 Å². The molecule has 0 amide bonds. The molecule has 0 aliphatic heterocycles. The summed E-state index contributed by atoms with van der Waals surface area (Å²) in [6.07, 6.45) is -4.54. The van der Waals surface area contributed by atoms with Crippen LogP contribution in [0.15, 0.2) is 35.0 Å². The van der Waals surface area contributed by atoms with Crippen LogP contribution in [0.3, 0.4) is 0 Å². The van der Waals surface area contributed by atoms with Crippen LogP contribution in [-0.4, -0.2) is 0 Å². The van der Waals surface area contributed by atoms with Gasteiger partial charge in [-0.1, -0.05) is 0 Å². The van der Waals surface area contributed by atoms with Crippen LogP contribution in [0.5, 0.6) is 5.75 Å². The first kappa shape index (κ1) is 13.4. The smallest absolute Gasteiger partial charge is 0.420 e. The molecule has 2 aromatic rings. The second kappa shape index (κ2) is 5.33. The highest BCUT2D eigenvalue weighted by atomic mass is 32.1. The number of hydrogen-bond donors (Lipinski definition) is 0. The van der Waals surface area contributed by atoms with Crippen molar-refractivity contribution in [2.24, 2.45) is 0 Å². The van der Waals surface area contributed by atoms with Gasteiger partial charge in [-0.2, -0.15) is 29.8 Å². The zero-order chi connectivity index (χ0) is 13.9. The van der Waals surface area contributed by atoms with E-state index in [2.05, 4.69) is 0 Å². The largest absolute Gasteiger partial charge is 0.488 e. The lowest BCUT2D eigenvalue weighted by molar-refractivity contribution is -0.139. The lowest BCUT2D eigenvalue weighted by atomic mass is 10.1. The van der Waals surface area contributed by atoms with Crippen molar-refractivity contribution in [2.45, 2.75) is 12.8 Å². The number of alkyl halides is 3. The molecule has 1 aromatic heterocycles. The fraction of sp³-hybridized carbons (Fsp3) is 0.154. The molecule has 0 radical (unpaired) electrons. The summed E-state index contributed by atoms with van der Waals surface area (Å²) in [5, 5.41) is 12.3. The minimum atomic E-state index is -4.54. The molecular weight excluding hydrogens is 275 g/mol. The monoisotopic (exact) mass is 283 g/mol. The summed E-state index contributed by atoms with van der Waals surface area (Å²) in [6, 6.07) is 6.73. The summed E-state index contributed by atoms with van der Waals surface area (Å²) >= 11 is 1.45. The van der Waals surface area contributed by atoms with Gasteiger partial charge in [0, 0.05) is 0 Å². The van der Waals surface area contributed by atoms with Crippen molar-refractivity contribution in [3.05, 3.63) is 51.7 Å². The van der Waals surface area contributed by atoms with Gasteiger partial charge in [0.25, 0.3) is 0 Å². The number of nitriles is 1. The summed E-state index contributed by atoms with van der Waals surface area (Å²) < 4.78 is 43.7. The quantitative estimate of drug-likeness (QED) is 0.845. The summed E-state index contributed by atoms with van der Waals surface area (Å²) in [6.45, 7) is 0.0679. The molecule has 0 saturated carbocycles. The van der Waals surface area contributed by atoms with Gasteiger partial charge >= 0.3 is 6.18 Å². The first-order valence-electron chi connectivity index (χ1n) is 5.26. The van der Waals surface area contributed by atoms with E-state index in [-0.39, 0.29) is 17.9 Å². The highest BCUT2D eigenvalue weighted by Gasteiger charge is 2.34. The molecule has 0 unspecified atom stereocenters. The maximum absolute atomic E-state index is 12.8. The summed E-state index contributed by atoms with van der Waals surface area (Å²) in [4.78, 5) is 0. The van der Waals surface area contributed by atoms with E-state index in [1.807, 2.05) is 5.38 Å². The molecule has 0 spiro atoms. The van der Waals surface area contributed by atoms with Gasteiger partial charge in [-0.05, 0) is 40.6 Å². The Balaban J connectivity index is 2.27. The lowest BCUT2D eigenvalue weighted by Crippen LogP contribution is -2.09. The number of thiophene rings is 1. The predicted octanol–water partition coefficient (Wildman–Crippen LogP) is 4.22. The number of ether oxygens (including phenoxy) is 1. The SMILES string of the molecule is N#Cc1ccc(OCc2ccsc2)c(C(F)(F)F)c1. The van der Waals surface area contributed by atoms with E-state index >= 15 is 0 Å². The van der Waals surface area contributed by atoms with Gasteiger partial charge in [0.1, 0.15) is 12.4 Å². The van der Waals surface area contributed by atoms with Crippen molar-refractivity contribution in [3.8, 4) is 11.8 Å². The average Bonchev–Trinajstić information content (AvgIpc) is 2.88. The zero-order valence-corrected chi connectivity index (χ0v) is 10.4. The predicted molar refractivity (Wildman–Crippen MR) is 64.8 cm³/mol. The number of benzene rings is 1. The molecule has 0 N–H and O–H groups in total. The van der Waals surface area contributed by atoms with Crippen molar-refractivity contribution in [3.63, 3.8) is 0 Å². The van der Waals surface area contributed by atoms with Crippen LogP contribution in [0, 0.1) is 11.3 Å². The van der Waals surface area contributed by atoms with Crippen LogP contribution >= 0.6 is 11.3 Å². The average molecular weight is 283 g/mol. The molecule has 0 atom stereocenters. The molecule has 2 rings (SSSR count). The van der Waals surface area contributed by atoms with Crippen LogP contribution in [0.2, 0.25) is 0 Å². The number of halogens is 3. The molecule has 0 saturated heterocycles. The maximum atomic E-state index is 12.8. The van der Waals surface area contributed by atoms with Crippen LogP contribution in [0.1, 0.15) is 16.7 Å². The molecule has 6 heteroatoms. The number of hydrogen-bond acceptors (Lipinski definition) is 3. The fourth-order valence-corrected chi connectivity index (χ4v) is 2.14. The third-order valence-electron chi connectivity index (χ3n) is 2.39. The highest BCUT2D eigenvalue weighted by Crippen LogP contribution is 2.37. The Kier molecular flexibility index (Phi) is 3.76. The van der Waals surface area contributed by atoms with E-state index in [0.29, 0.717) is 0 Å². The highest BCUT2D eigenvalue weighted by molar-refractivity contribution is 7.07. The van der Waals surface area contributed by atoms with Gasteiger partial charge < -0.3 is 4.74 Å². The second-order valence-corrected chi connectivity index (χ2v) is 4.52. The van der Waals surface area contributed by atoms with E-state index in [1.165, 1.54) is 23.5 Å². The molecule has 1 heterocycles. The van der Waals surface area contributed by atoms with Crippen molar-refractivity contribution in [1.82, 2.24) is 0 Å². The maximum Gasteiger partial charge on any atom is 0.420 e. The molecular formula is C13H8F3NOS.